The van der Waals surface area contributed by atoms with E-state index in [4.69, 9.17) is 4.74 Å². The van der Waals surface area contributed by atoms with Crippen molar-refractivity contribution in [2.24, 2.45) is 0 Å². The van der Waals surface area contributed by atoms with Gasteiger partial charge in [0.15, 0.2) is 0 Å². The Morgan fingerprint density at radius 3 is 2.82 bits per heavy atom. The maximum Gasteiger partial charge on any atom is 0.246 e. The summed E-state index contributed by atoms with van der Waals surface area (Å²) in [7, 11) is 0. The number of amides is 1. The van der Waals surface area contributed by atoms with E-state index in [-0.39, 0.29) is 24.7 Å². The molecule has 1 amide bonds. The molecule has 0 aromatic carbocycles. The zero-order chi connectivity index (χ0) is 12.9. The molecular formula is C12H19NO3S. The van der Waals surface area contributed by atoms with Gasteiger partial charge >= 0.3 is 0 Å². The zero-order valence-electron chi connectivity index (χ0n) is 10.4. The van der Waals surface area contributed by atoms with Gasteiger partial charge in [-0.2, -0.15) is 11.3 Å². The molecule has 1 aromatic heterocycles. The Morgan fingerprint density at radius 2 is 2.29 bits per heavy atom. The topological polar surface area (TPSA) is 58.6 Å². The molecule has 2 N–H and O–H groups in total. The van der Waals surface area contributed by atoms with Gasteiger partial charge in [-0.05, 0) is 43.2 Å². The van der Waals surface area contributed by atoms with Crippen LogP contribution in [0.5, 0.6) is 0 Å². The van der Waals surface area contributed by atoms with Gasteiger partial charge in [0.25, 0.3) is 0 Å². The van der Waals surface area contributed by atoms with E-state index in [2.05, 4.69) is 5.32 Å². The molecule has 0 aliphatic rings. The molecule has 96 valence electrons. The van der Waals surface area contributed by atoms with E-state index in [1.807, 2.05) is 37.6 Å². The minimum Gasteiger partial charge on any atom is -0.387 e. The van der Waals surface area contributed by atoms with E-state index in [9.17, 15) is 9.90 Å². The van der Waals surface area contributed by atoms with E-state index in [0.29, 0.717) is 0 Å². The monoisotopic (exact) mass is 257 g/mol. The van der Waals surface area contributed by atoms with Crippen molar-refractivity contribution in [3.05, 3.63) is 22.4 Å². The normalized spacial score (nSPS) is 13.4. The molecule has 1 heterocycles. The average Bonchev–Trinajstić information content (AvgIpc) is 2.75. The van der Waals surface area contributed by atoms with E-state index < -0.39 is 6.10 Å². The highest BCUT2D eigenvalue weighted by atomic mass is 32.1. The number of carbonyl (C=O) groups excluding carboxylic acids is 1. The van der Waals surface area contributed by atoms with Crippen LogP contribution < -0.4 is 5.32 Å². The number of aliphatic hydroxyl groups is 1. The molecule has 1 rings (SSSR count). The van der Waals surface area contributed by atoms with Crippen LogP contribution in [0.4, 0.5) is 0 Å². The van der Waals surface area contributed by atoms with Crippen LogP contribution in [0.15, 0.2) is 16.8 Å². The number of ether oxygens (including phenoxy) is 1. The Kier molecular flexibility index (Phi) is 5.11. The van der Waals surface area contributed by atoms with Crippen molar-refractivity contribution in [1.82, 2.24) is 5.32 Å². The van der Waals surface area contributed by atoms with Crippen molar-refractivity contribution in [2.75, 3.05) is 13.2 Å². The fraction of sp³-hybridized carbons (Fsp3) is 0.583. The van der Waals surface area contributed by atoms with Gasteiger partial charge in [0, 0.05) is 6.54 Å². The Hall–Kier alpha value is -0.910. The minimum atomic E-state index is -0.653. The van der Waals surface area contributed by atoms with Crippen molar-refractivity contribution >= 4 is 17.2 Å². The van der Waals surface area contributed by atoms with Crippen LogP contribution in [0.2, 0.25) is 0 Å². The van der Waals surface area contributed by atoms with Gasteiger partial charge in [0.2, 0.25) is 5.91 Å². The van der Waals surface area contributed by atoms with Crippen molar-refractivity contribution in [3.63, 3.8) is 0 Å². The first-order valence-electron chi connectivity index (χ1n) is 5.49. The first kappa shape index (κ1) is 14.2. The molecule has 0 saturated carbocycles. The molecular weight excluding hydrogens is 238 g/mol. The zero-order valence-corrected chi connectivity index (χ0v) is 11.2. The number of hydrogen-bond donors (Lipinski definition) is 2. The van der Waals surface area contributed by atoms with E-state index in [0.717, 1.165) is 5.56 Å². The summed E-state index contributed by atoms with van der Waals surface area (Å²) in [5.74, 6) is -0.214. The summed E-state index contributed by atoms with van der Waals surface area (Å²) in [6.07, 6.45) is -0.653. The second-order valence-corrected chi connectivity index (χ2v) is 5.56. The van der Waals surface area contributed by atoms with Crippen LogP contribution in [0.1, 0.15) is 32.4 Å². The molecule has 4 nitrogen and oxygen atoms in total. The largest absolute Gasteiger partial charge is 0.387 e. The van der Waals surface area contributed by atoms with Gasteiger partial charge < -0.3 is 15.2 Å². The van der Waals surface area contributed by atoms with Crippen LogP contribution in [0, 0.1) is 0 Å². The summed E-state index contributed by atoms with van der Waals surface area (Å²) >= 11 is 1.52. The summed E-state index contributed by atoms with van der Waals surface area (Å²) in [4.78, 5) is 11.4. The van der Waals surface area contributed by atoms with Crippen molar-refractivity contribution in [3.8, 4) is 0 Å². The molecule has 17 heavy (non-hydrogen) atoms. The molecule has 0 fully saturated rings. The number of rotatable bonds is 5. The van der Waals surface area contributed by atoms with Crippen LogP contribution in [-0.4, -0.2) is 29.8 Å². The third kappa shape index (κ3) is 5.81. The second-order valence-electron chi connectivity index (χ2n) is 4.78. The Balaban J connectivity index is 2.24. The lowest BCUT2D eigenvalue weighted by atomic mass is 10.2. The van der Waals surface area contributed by atoms with Gasteiger partial charge in [-0.3, -0.25) is 4.79 Å². The molecule has 1 atom stereocenters. The molecule has 1 aromatic rings. The van der Waals surface area contributed by atoms with Gasteiger partial charge in [-0.15, -0.1) is 0 Å². The fourth-order valence-corrected chi connectivity index (χ4v) is 1.83. The number of aliphatic hydroxyl groups excluding tert-OH is 1. The van der Waals surface area contributed by atoms with Gasteiger partial charge in [-0.1, -0.05) is 0 Å². The summed E-state index contributed by atoms with van der Waals surface area (Å²) in [5.41, 5.74) is 0.496. The number of thiophene rings is 1. The lowest BCUT2D eigenvalue weighted by Gasteiger charge is -2.19. The predicted octanol–water partition coefficient (Wildman–Crippen LogP) is 1.71. The highest BCUT2D eigenvalue weighted by Crippen LogP contribution is 2.15. The molecule has 0 radical (unpaired) electrons. The molecule has 1 unspecified atom stereocenters. The van der Waals surface area contributed by atoms with Gasteiger partial charge in [-0.25, -0.2) is 0 Å². The standard InChI is InChI=1S/C12H19NO3S/c1-12(2,3)16-7-11(15)13-6-10(14)9-4-5-17-8-9/h4-5,8,10,14H,6-7H2,1-3H3,(H,13,15). The molecule has 0 bridgehead atoms. The molecule has 5 heteroatoms. The maximum atomic E-state index is 11.4. The highest BCUT2D eigenvalue weighted by Gasteiger charge is 2.14. The number of hydrogen-bond acceptors (Lipinski definition) is 4. The van der Waals surface area contributed by atoms with E-state index >= 15 is 0 Å². The molecule has 0 spiro atoms. The Bertz CT molecular complexity index is 343. The SMILES string of the molecule is CC(C)(C)OCC(=O)NCC(O)c1ccsc1. The number of nitrogens with one attached hydrogen (secondary N) is 1. The Morgan fingerprint density at radius 1 is 1.59 bits per heavy atom. The van der Waals surface area contributed by atoms with Crippen LogP contribution in [-0.2, 0) is 9.53 Å². The Labute approximate surface area is 106 Å². The predicted molar refractivity (Wildman–Crippen MR) is 68.0 cm³/mol. The van der Waals surface area contributed by atoms with Gasteiger partial charge in [0.05, 0.1) is 11.7 Å². The van der Waals surface area contributed by atoms with Crippen molar-refractivity contribution in [1.29, 1.82) is 0 Å². The lowest BCUT2D eigenvalue weighted by Crippen LogP contribution is -2.34. The van der Waals surface area contributed by atoms with Gasteiger partial charge in [0.1, 0.15) is 6.61 Å². The summed E-state index contributed by atoms with van der Waals surface area (Å²) in [6, 6.07) is 1.84. The first-order valence-corrected chi connectivity index (χ1v) is 6.43. The fourth-order valence-electron chi connectivity index (χ4n) is 1.13. The quantitative estimate of drug-likeness (QED) is 0.844. The first-order chi connectivity index (χ1) is 7.88. The third-order valence-electron chi connectivity index (χ3n) is 2.06. The summed E-state index contributed by atoms with van der Waals surface area (Å²) in [6.45, 7) is 5.89. The molecule has 0 saturated heterocycles. The van der Waals surface area contributed by atoms with E-state index in [1.165, 1.54) is 11.3 Å². The van der Waals surface area contributed by atoms with Crippen LogP contribution in [0.25, 0.3) is 0 Å². The van der Waals surface area contributed by atoms with Crippen LogP contribution in [0.3, 0.4) is 0 Å². The van der Waals surface area contributed by atoms with Crippen LogP contribution >= 0.6 is 11.3 Å². The molecule has 0 aliphatic carbocycles. The van der Waals surface area contributed by atoms with Crippen molar-refractivity contribution in [2.45, 2.75) is 32.5 Å². The smallest absolute Gasteiger partial charge is 0.246 e. The summed E-state index contributed by atoms with van der Waals surface area (Å²) in [5, 5.41) is 16.1. The maximum absolute atomic E-state index is 11.4. The van der Waals surface area contributed by atoms with Crippen molar-refractivity contribution < 1.29 is 14.6 Å². The summed E-state index contributed by atoms with van der Waals surface area (Å²) < 4.78 is 5.32. The second kappa shape index (κ2) is 6.14. The highest BCUT2D eigenvalue weighted by molar-refractivity contribution is 7.07. The minimum absolute atomic E-state index is 0.0137. The number of carbonyl (C=O) groups is 1. The lowest BCUT2D eigenvalue weighted by molar-refractivity contribution is -0.131. The average molecular weight is 257 g/mol. The van der Waals surface area contributed by atoms with E-state index in [1.54, 1.807) is 0 Å². The molecule has 0 aliphatic heterocycles. The third-order valence-corrected chi connectivity index (χ3v) is 2.76.